The molecular formula is C22H28N2O. The van der Waals surface area contributed by atoms with E-state index >= 15 is 0 Å². The van der Waals surface area contributed by atoms with E-state index in [0.29, 0.717) is 0 Å². The lowest BCUT2D eigenvalue weighted by molar-refractivity contribution is 0.236. The lowest BCUT2D eigenvalue weighted by Crippen LogP contribution is -2.46. The van der Waals surface area contributed by atoms with E-state index in [-0.39, 0.29) is 11.6 Å². The van der Waals surface area contributed by atoms with Gasteiger partial charge in [-0.25, -0.2) is 4.79 Å². The second-order valence-electron chi connectivity index (χ2n) is 6.89. The van der Waals surface area contributed by atoms with Gasteiger partial charge in [0.05, 0.1) is 5.54 Å². The fraction of sp³-hybridized carbons (Fsp3) is 0.409. The van der Waals surface area contributed by atoms with E-state index in [1.54, 1.807) is 0 Å². The molecule has 2 aromatic carbocycles. The highest BCUT2D eigenvalue weighted by Crippen LogP contribution is 2.38. The van der Waals surface area contributed by atoms with Crippen molar-refractivity contribution in [3.05, 3.63) is 65.2 Å². The van der Waals surface area contributed by atoms with Crippen LogP contribution in [0.3, 0.4) is 0 Å². The summed E-state index contributed by atoms with van der Waals surface area (Å²) in [5.41, 5.74) is 4.33. The molecule has 0 bridgehead atoms. The third kappa shape index (κ3) is 3.71. The summed E-state index contributed by atoms with van der Waals surface area (Å²) in [5, 5.41) is 6.46. The van der Waals surface area contributed by atoms with Crippen LogP contribution in [-0.2, 0) is 18.4 Å². The molecule has 0 heterocycles. The molecule has 1 fully saturated rings. The number of carbonyl (C=O) groups excluding carboxylic acids is 1. The molecule has 132 valence electrons. The number of urea groups is 1. The zero-order chi connectivity index (χ0) is 17.7. The zero-order valence-corrected chi connectivity index (χ0v) is 15.3. The Labute approximate surface area is 150 Å². The predicted octanol–water partition coefficient (Wildman–Crippen LogP) is 5.40. The van der Waals surface area contributed by atoms with E-state index in [0.717, 1.165) is 44.2 Å². The molecule has 1 saturated carbocycles. The Morgan fingerprint density at radius 3 is 2.08 bits per heavy atom. The summed E-state index contributed by atoms with van der Waals surface area (Å²) >= 11 is 0. The Kier molecular flexibility index (Phi) is 5.42. The fourth-order valence-electron chi connectivity index (χ4n) is 3.99. The van der Waals surface area contributed by atoms with Crippen LogP contribution in [0.1, 0.15) is 56.2 Å². The van der Waals surface area contributed by atoms with Gasteiger partial charge >= 0.3 is 6.03 Å². The number of carbonyl (C=O) groups is 1. The van der Waals surface area contributed by atoms with Crippen molar-refractivity contribution >= 4 is 11.7 Å². The highest BCUT2D eigenvalue weighted by molar-refractivity contribution is 5.91. The summed E-state index contributed by atoms with van der Waals surface area (Å²) in [6.45, 7) is 4.25. The number of hydrogen-bond acceptors (Lipinski definition) is 1. The average molecular weight is 336 g/mol. The molecule has 3 nitrogen and oxygen atoms in total. The first-order valence-electron chi connectivity index (χ1n) is 9.44. The third-order valence-corrected chi connectivity index (χ3v) is 5.37. The Hall–Kier alpha value is -2.29. The van der Waals surface area contributed by atoms with Crippen molar-refractivity contribution in [3.63, 3.8) is 0 Å². The van der Waals surface area contributed by atoms with Gasteiger partial charge in [0, 0.05) is 5.69 Å². The number of amides is 2. The summed E-state index contributed by atoms with van der Waals surface area (Å²) in [4.78, 5) is 12.9. The number of anilines is 1. The molecule has 25 heavy (non-hydrogen) atoms. The molecule has 2 amide bonds. The molecule has 0 aromatic heterocycles. The van der Waals surface area contributed by atoms with Crippen molar-refractivity contribution in [1.82, 2.24) is 5.32 Å². The van der Waals surface area contributed by atoms with Crippen LogP contribution >= 0.6 is 0 Å². The number of benzene rings is 2. The maximum absolute atomic E-state index is 12.9. The van der Waals surface area contributed by atoms with Gasteiger partial charge < -0.3 is 10.6 Å². The SMILES string of the molecule is CCc1cccc(CC)c1NC(=O)NC1(c2ccccc2)CCCC1. The van der Waals surface area contributed by atoms with Crippen LogP contribution in [0.15, 0.2) is 48.5 Å². The van der Waals surface area contributed by atoms with Gasteiger partial charge in [-0.1, -0.05) is 75.2 Å². The van der Waals surface area contributed by atoms with Crippen molar-refractivity contribution in [2.24, 2.45) is 0 Å². The van der Waals surface area contributed by atoms with Crippen LogP contribution in [0, 0.1) is 0 Å². The Morgan fingerprint density at radius 2 is 1.52 bits per heavy atom. The van der Waals surface area contributed by atoms with Gasteiger partial charge in [0.15, 0.2) is 0 Å². The predicted molar refractivity (Wildman–Crippen MR) is 104 cm³/mol. The molecule has 1 aliphatic rings. The summed E-state index contributed by atoms with van der Waals surface area (Å²) < 4.78 is 0. The first-order valence-corrected chi connectivity index (χ1v) is 9.44. The molecule has 3 heteroatoms. The van der Waals surface area contributed by atoms with Crippen LogP contribution in [0.4, 0.5) is 10.5 Å². The van der Waals surface area contributed by atoms with Gasteiger partial charge in [0.1, 0.15) is 0 Å². The Bertz CT molecular complexity index is 696. The molecule has 0 aliphatic heterocycles. The van der Waals surface area contributed by atoms with Gasteiger partial charge in [0.2, 0.25) is 0 Å². The highest BCUT2D eigenvalue weighted by atomic mass is 16.2. The standard InChI is InChI=1S/C22H28N2O/c1-3-17-11-10-12-18(4-2)20(17)23-21(25)24-22(15-8-9-16-22)19-13-6-5-7-14-19/h5-7,10-14H,3-4,8-9,15-16H2,1-2H3,(H2,23,24,25). The van der Waals surface area contributed by atoms with Crippen LogP contribution in [0.25, 0.3) is 0 Å². The van der Waals surface area contributed by atoms with E-state index in [9.17, 15) is 4.79 Å². The number of hydrogen-bond donors (Lipinski definition) is 2. The minimum absolute atomic E-state index is 0.0960. The minimum atomic E-state index is -0.237. The van der Waals surface area contributed by atoms with Gasteiger partial charge in [0.25, 0.3) is 0 Å². The summed E-state index contributed by atoms with van der Waals surface area (Å²) in [5.74, 6) is 0. The molecule has 3 rings (SSSR count). The van der Waals surface area contributed by atoms with E-state index < -0.39 is 0 Å². The van der Waals surface area contributed by atoms with E-state index in [1.807, 2.05) is 6.07 Å². The largest absolute Gasteiger partial charge is 0.328 e. The van der Waals surface area contributed by atoms with Crippen molar-refractivity contribution < 1.29 is 4.79 Å². The van der Waals surface area contributed by atoms with Crippen LogP contribution < -0.4 is 10.6 Å². The zero-order valence-electron chi connectivity index (χ0n) is 15.3. The molecule has 2 N–H and O–H groups in total. The van der Waals surface area contributed by atoms with Crippen molar-refractivity contribution in [3.8, 4) is 0 Å². The van der Waals surface area contributed by atoms with Gasteiger partial charge in [-0.15, -0.1) is 0 Å². The van der Waals surface area contributed by atoms with Crippen molar-refractivity contribution in [1.29, 1.82) is 0 Å². The minimum Gasteiger partial charge on any atom is -0.328 e. The lowest BCUT2D eigenvalue weighted by atomic mass is 9.88. The van der Waals surface area contributed by atoms with Gasteiger partial charge in [-0.3, -0.25) is 0 Å². The monoisotopic (exact) mass is 336 g/mol. The molecule has 0 saturated heterocycles. The second-order valence-corrected chi connectivity index (χ2v) is 6.89. The first-order chi connectivity index (χ1) is 12.2. The van der Waals surface area contributed by atoms with Gasteiger partial charge in [-0.05, 0) is 42.4 Å². The molecular weight excluding hydrogens is 308 g/mol. The summed E-state index contributed by atoms with van der Waals surface area (Å²) in [6, 6.07) is 16.6. The highest BCUT2D eigenvalue weighted by Gasteiger charge is 2.37. The van der Waals surface area contributed by atoms with Crippen LogP contribution in [-0.4, -0.2) is 6.03 Å². The Morgan fingerprint density at radius 1 is 0.920 bits per heavy atom. The summed E-state index contributed by atoms with van der Waals surface area (Å²) in [7, 11) is 0. The van der Waals surface area contributed by atoms with E-state index in [2.05, 4.69) is 66.9 Å². The van der Waals surface area contributed by atoms with E-state index in [1.165, 1.54) is 16.7 Å². The molecule has 0 radical (unpaired) electrons. The number of nitrogens with one attached hydrogen (secondary N) is 2. The summed E-state index contributed by atoms with van der Waals surface area (Å²) in [6.07, 6.45) is 6.13. The van der Waals surface area contributed by atoms with Gasteiger partial charge in [-0.2, -0.15) is 0 Å². The van der Waals surface area contributed by atoms with Crippen LogP contribution in [0.2, 0.25) is 0 Å². The van der Waals surface area contributed by atoms with Crippen molar-refractivity contribution in [2.45, 2.75) is 57.9 Å². The fourth-order valence-corrected chi connectivity index (χ4v) is 3.99. The topological polar surface area (TPSA) is 41.1 Å². The molecule has 0 spiro atoms. The van der Waals surface area contributed by atoms with E-state index in [4.69, 9.17) is 0 Å². The number of para-hydroxylation sites is 1. The number of aryl methyl sites for hydroxylation is 2. The van der Waals surface area contributed by atoms with Crippen LogP contribution in [0.5, 0.6) is 0 Å². The maximum atomic E-state index is 12.9. The quantitative estimate of drug-likeness (QED) is 0.754. The molecule has 0 unspecified atom stereocenters. The normalized spacial score (nSPS) is 15.8. The number of rotatable bonds is 5. The third-order valence-electron chi connectivity index (χ3n) is 5.37. The average Bonchev–Trinajstić information content (AvgIpc) is 3.12. The molecule has 0 atom stereocenters. The van der Waals surface area contributed by atoms with Crippen molar-refractivity contribution in [2.75, 3.05) is 5.32 Å². The molecule has 2 aromatic rings. The second kappa shape index (κ2) is 7.73. The molecule has 1 aliphatic carbocycles. The smallest absolute Gasteiger partial charge is 0.319 e. The maximum Gasteiger partial charge on any atom is 0.319 e. The lowest BCUT2D eigenvalue weighted by Gasteiger charge is -2.31. The Balaban J connectivity index is 1.82. The first kappa shape index (κ1) is 17.5.